The van der Waals surface area contributed by atoms with E-state index in [-0.39, 0.29) is 0 Å². The average Bonchev–Trinajstić information content (AvgIpc) is 3.33. The molecule has 0 bridgehead atoms. The second-order valence-corrected chi connectivity index (χ2v) is 6.57. The van der Waals surface area contributed by atoms with Gasteiger partial charge < -0.3 is 18.5 Å². The monoisotopic (exact) mass is 382 g/mol. The first-order valence-electron chi connectivity index (χ1n) is 8.60. The molecule has 27 heavy (non-hydrogen) atoms. The van der Waals surface area contributed by atoms with Gasteiger partial charge in [0.2, 0.25) is 0 Å². The fraction of sp³-hybridized carbons (Fsp3) is 0.190. The Morgan fingerprint density at radius 3 is 2.63 bits per heavy atom. The number of methoxy groups -OCH3 is 2. The summed E-state index contributed by atoms with van der Waals surface area (Å²) in [6.45, 7) is 0.725. The predicted octanol–water partition coefficient (Wildman–Crippen LogP) is 5.21. The molecule has 138 valence electrons. The Morgan fingerprint density at radius 1 is 1.04 bits per heavy atom. The lowest BCUT2D eigenvalue weighted by atomic mass is 10.1. The van der Waals surface area contributed by atoms with Crippen LogP contribution in [0.1, 0.15) is 5.56 Å². The van der Waals surface area contributed by atoms with Crippen LogP contribution in [0.4, 0.5) is 0 Å². The molecule has 0 radical (unpaired) electrons. The summed E-state index contributed by atoms with van der Waals surface area (Å²) in [6, 6.07) is 15.4. The molecular weight excluding hydrogens is 364 g/mol. The Bertz CT molecular complexity index is 1070. The summed E-state index contributed by atoms with van der Waals surface area (Å²) >= 11 is 6.22. The van der Waals surface area contributed by atoms with Crippen LogP contribution in [-0.4, -0.2) is 23.8 Å². The minimum Gasteiger partial charge on any atom is -0.493 e. The summed E-state index contributed by atoms with van der Waals surface area (Å²) in [4.78, 5) is 4.74. The number of hydrogen-bond donors (Lipinski definition) is 0. The molecule has 0 atom stereocenters. The zero-order chi connectivity index (χ0) is 18.8. The Balaban J connectivity index is 1.71. The van der Waals surface area contributed by atoms with Crippen molar-refractivity contribution in [3.05, 3.63) is 65.4 Å². The first kappa shape index (κ1) is 17.5. The van der Waals surface area contributed by atoms with Gasteiger partial charge in [-0.1, -0.05) is 17.7 Å². The molecule has 2 aromatic heterocycles. The predicted molar refractivity (Wildman–Crippen MR) is 106 cm³/mol. The minimum absolute atomic E-state index is 0.681. The smallest absolute Gasteiger partial charge is 0.177 e. The number of fused-ring (bicyclic) bond motifs is 1. The van der Waals surface area contributed by atoms with Crippen LogP contribution in [0.15, 0.2) is 59.2 Å². The van der Waals surface area contributed by atoms with Crippen molar-refractivity contribution < 1.29 is 13.9 Å². The first-order chi connectivity index (χ1) is 13.2. The SMILES string of the molecule is COc1ccc(CCn2c(-c3ccco3)nc3ccc(Cl)cc32)cc1OC. The highest BCUT2D eigenvalue weighted by molar-refractivity contribution is 6.31. The summed E-state index contributed by atoms with van der Waals surface area (Å²) in [5, 5.41) is 0.681. The summed E-state index contributed by atoms with van der Waals surface area (Å²) < 4.78 is 18.4. The molecule has 5 nitrogen and oxygen atoms in total. The lowest BCUT2D eigenvalue weighted by molar-refractivity contribution is 0.354. The van der Waals surface area contributed by atoms with Gasteiger partial charge in [0.15, 0.2) is 23.1 Å². The van der Waals surface area contributed by atoms with Crippen molar-refractivity contribution in [3.63, 3.8) is 0 Å². The Labute approximate surface area is 162 Å². The minimum atomic E-state index is 0.681. The fourth-order valence-electron chi connectivity index (χ4n) is 3.19. The number of rotatable bonds is 6. The topological polar surface area (TPSA) is 49.4 Å². The van der Waals surface area contributed by atoms with Gasteiger partial charge in [-0.3, -0.25) is 0 Å². The number of nitrogens with zero attached hydrogens (tertiary/aromatic N) is 2. The van der Waals surface area contributed by atoms with Gasteiger partial charge in [-0.2, -0.15) is 0 Å². The summed E-state index contributed by atoms with van der Waals surface area (Å²) in [5.41, 5.74) is 3.01. The molecule has 0 aliphatic rings. The van der Waals surface area contributed by atoms with Gasteiger partial charge in [0.25, 0.3) is 0 Å². The van der Waals surface area contributed by atoms with Gasteiger partial charge in [-0.15, -0.1) is 0 Å². The van der Waals surface area contributed by atoms with Crippen molar-refractivity contribution in [1.82, 2.24) is 9.55 Å². The number of aromatic nitrogens is 2. The van der Waals surface area contributed by atoms with E-state index in [2.05, 4.69) is 4.57 Å². The molecule has 4 aromatic rings. The number of imidazole rings is 1. The van der Waals surface area contributed by atoms with Crippen LogP contribution in [-0.2, 0) is 13.0 Å². The van der Waals surface area contributed by atoms with Crippen molar-refractivity contribution in [1.29, 1.82) is 0 Å². The van der Waals surface area contributed by atoms with Crippen LogP contribution in [0.25, 0.3) is 22.6 Å². The van der Waals surface area contributed by atoms with E-state index in [0.717, 1.165) is 52.6 Å². The van der Waals surface area contributed by atoms with E-state index in [1.54, 1.807) is 20.5 Å². The third-order valence-electron chi connectivity index (χ3n) is 4.52. The highest BCUT2D eigenvalue weighted by Gasteiger charge is 2.15. The lowest BCUT2D eigenvalue weighted by Gasteiger charge is -2.11. The molecule has 0 aliphatic heterocycles. The Kier molecular flexibility index (Phi) is 4.77. The Morgan fingerprint density at radius 2 is 1.89 bits per heavy atom. The van der Waals surface area contributed by atoms with E-state index in [1.165, 1.54) is 0 Å². The maximum atomic E-state index is 6.22. The number of halogens is 1. The summed E-state index contributed by atoms with van der Waals surface area (Å²) in [5.74, 6) is 2.96. The molecule has 0 saturated heterocycles. The van der Waals surface area contributed by atoms with E-state index < -0.39 is 0 Å². The third-order valence-corrected chi connectivity index (χ3v) is 4.76. The number of hydrogen-bond acceptors (Lipinski definition) is 4. The van der Waals surface area contributed by atoms with Crippen molar-refractivity contribution >= 4 is 22.6 Å². The van der Waals surface area contributed by atoms with Gasteiger partial charge in [-0.25, -0.2) is 4.98 Å². The van der Waals surface area contributed by atoms with Crippen LogP contribution in [0, 0.1) is 0 Å². The van der Waals surface area contributed by atoms with Crippen molar-refractivity contribution in [2.24, 2.45) is 0 Å². The molecule has 0 aliphatic carbocycles. The largest absolute Gasteiger partial charge is 0.493 e. The van der Waals surface area contributed by atoms with E-state index in [1.807, 2.05) is 48.5 Å². The van der Waals surface area contributed by atoms with Crippen LogP contribution >= 0.6 is 11.6 Å². The van der Waals surface area contributed by atoms with E-state index in [9.17, 15) is 0 Å². The highest BCUT2D eigenvalue weighted by Crippen LogP contribution is 2.30. The molecular formula is C21H19ClN2O3. The molecule has 0 spiro atoms. The molecule has 0 amide bonds. The molecule has 0 N–H and O–H groups in total. The molecule has 0 fully saturated rings. The molecule has 0 unspecified atom stereocenters. The first-order valence-corrected chi connectivity index (χ1v) is 8.98. The zero-order valence-corrected chi connectivity index (χ0v) is 15.9. The zero-order valence-electron chi connectivity index (χ0n) is 15.1. The van der Waals surface area contributed by atoms with Gasteiger partial charge in [-0.05, 0) is 54.4 Å². The van der Waals surface area contributed by atoms with E-state index in [4.69, 9.17) is 30.5 Å². The van der Waals surface area contributed by atoms with Gasteiger partial charge in [0, 0.05) is 11.6 Å². The van der Waals surface area contributed by atoms with Crippen molar-refractivity contribution in [2.75, 3.05) is 14.2 Å². The van der Waals surface area contributed by atoms with Gasteiger partial charge in [0.05, 0.1) is 31.5 Å². The fourth-order valence-corrected chi connectivity index (χ4v) is 3.36. The normalized spacial score (nSPS) is 11.1. The second-order valence-electron chi connectivity index (χ2n) is 6.14. The van der Waals surface area contributed by atoms with Gasteiger partial charge >= 0.3 is 0 Å². The Hall–Kier alpha value is -2.92. The maximum absolute atomic E-state index is 6.22. The highest BCUT2D eigenvalue weighted by atomic mass is 35.5. The quantitative estimate of drug-likeness (QED) is 0.459. The summed E-state index contributed by atoms with van der Waals surface area (Å²) in [6.07, 6.45) is 2.45. The molecule has 6 heteroatoms. The summed E-state index contributed by atoms with van der Waals surface area (Å²) in [7, 11) is 3.27. The van der Waals surface area contributed by atoms with Gasteiger partial charge in [0.1, 0.15) is 0 Å². The van der Waals surface area contributed by atoms with Crippen LogP contribution in [0.5, 0.6) is 11.5 Å². The average molecular weight is 383 g/mol. The molecule has 2 aromatic carbocycles. The van der Waals surface area contributed by atoms with E-state index in [0.29, 0.717) is 5.02 Å². The molecule has 2 heterocycles. The van der Waals surface area contributed by atoms with Crippen LogP contribution in [0.3, 0.4) is 0 Å². The number of ether oxygens (including phenoxy) is 2. The number of benzene rings is 2. The van der Waals surface area contributed by atoms with E-state index >= 15 is 0 Å². The second kappa shape index (κ2) is 7.37. The van der Waals surface area contributed by atoms with Crippen LogP contribution in [0.2, 0.25) is 5.02 Å². The number of furan rings is 1. The standard InChI is InChI=1S/C21H19ClN2O3/c1-25-18-8-5-14(12-20(18)26-2)9-10-24-17-13-15(22)6-7-16(17)23-21(24)19-4-3-11-27-19/h3-8,11-13H,9-10H2,1-2H3. The third kappa shape index (κ3) is 3.38. The lowest BCUT2D eigenvalue weighted by Crippen LogP contribution is -2.04. The number of aryl methyl sites for hydroxylation is 2. The maximum Gasteiger partial charge on any atom is 0.177 e. The van der Waals surface area contributed by atoms with Crippen molar-refractivity contribution in [3.8, 4) is 23.1 Å². The molecule has 0 saturated carbocycles. The van der Waals surface area contributed by atoms with Crippen molar-refractivity contribution in [2.45, 2.75) is 13.0 Å². The molecule has 4 rings (SSSR count). The van der Waals surface area contributed by atoms with Crippen LogP contribution < -0.4 is 9.47 Å².